The first-order chi connectivity index (χ1) is 11.6. The summed E-state index contributed by atoms with van der Waals surface area (Å²) in [7, 11) is 0. The predicted octanol–water partition coefficient (Wildman–Crippen LogP) is 2.89. The summed E-state index contributed by atoms with van der Waals surface area (Å²) in [5, 5.41) is 11.2. The van der Waals surface area contributed by atoms with Crippen molar-refractivity contribution in [2.75, 3.05) is 11.9 Å². The molecule has 0 spiro atoms. The number of nitrogens with zero attached hydrogens (tertiary/aromatic N) is 1. The summed E-state index contributed by atoms with van der Waals surface area (Å²) < 4.78 is 17.5. The van der Waals surface area contributed by atoms with Crippen molar-refractivity contribution in [2.45, 2.75) is 0 Å². The number of halogens is 1. The number of anilines is 1. The molecule has 0 aliphatic heterocycles. The molecule has 2 rings (SSSR count). The Balaban J connectivity index is 1.79. The third-order valence-electron chi connectivity index (χ3n) is 2.93. The van der Waals surface area contributed by atoms with Crippen LogP contribution in [0, 0.1) is 17.1 Å². The van der Waals surface area contributed by atoms with Crippen molar-refractivity contribution in [3.63, 3.8) is 0 Å². The van der Waals surface area contributed by atoms with Crippen molar-refractivity contribution >= 4 is 23.6 Å². The summed E-state index contributed by atoms with van der Waals surface area (Å²) in [6.07, 6.45) is 2.70. The lowest BCUT2D eigenvalue weighted by Crippen LogP contribution is -2.20. The Morgan fingerprint density at radius 2 is 1.79 bits per heavy atom. The van der Waals surface area contributed by atoms with Crippen LogP contribution < -0.4 is 5.32 Å². The SMILES string of the molecule is N#Cc1ccc(/C=C/C(=O)OCC(=O)Nc2ccc(F)cc2)cc1. The normalized spacial score (nSPS) is 10.2. The highest BCUT2D eigenvalue weighted by atomic mass is 19.1. The van der Waals surface area contributed by atoms with Crippen molar-refractivity contribution in [3.8, 4) is 6.07 Å². The molecule has 0 aromatic heterocycles. The van der Waals surface area contributed by atoms with Crippen LogP contribution in [0.15, 0.2) is 54.6 Å². The number of hydrogen-bond acceptors (Lipinski definition) is 4. The van der Waals surface area contributed by atoms with Crippen molar-refractivity contribution in [1.29, 1.82) is 5.26 Å². The van der Waals surface area contributed by atoms with Crippen LogP contribution in [0.5, 0.6) is 0 Å². The number of carbonyl (C=O) groups is 2. The summed E-state index contributed by atoms with van der Waals surface area (Å²) in [4.78, 5) is 23.2. The zero-order valence-corrected chi connectivity index (χ0v) is 12.5. The van der Waals surface area contributed by atoms with Crippen LogP contribution in [0.25, 0.3) is 6.08 Å². The second kappa shape index (κ2) is 8.25. The van der Waals surface area contributed by atoms with E-state index in [1.165, 1.54) is 36.4 Å². The van der Waals surface area contributed by atoms with Gasteiger partial charge in [-0.05, 0) is 48.0 Å². The fraction of sp³-hybridized carbons (Fsp3) is 0.0556. The molecule has 0 fully saturated rings. The zero-order chi connectivity index (χ0) is 17.4. The number of benzene rings is 2. The molecule has 0 saturated carbocycles. The van der Waals surface area contributed by atoms with Gasteiger partial charge in [-0.15, -0.1) is 0 Å². The first-order valence-electron chi connectivity index (χ1n) is 6.97. The van der Waals surface area contributed by atoms with Gasteiger partial charge in [0.1, 0.15) is 5.82 Å². The molecule has 24 heavy (non-hydrogen) atoms. The van der Waals surface area contributed by atoms with E-state index in [2.05, 4.69) is 5.32 Å². The number of rotatable bonds is 5. The van der Waals surface area contributed by atoms with E-state index >= 15 is 0 Å². The predicted molar refractivity (Wildman–Crippen MR) is 86.2 cm³/mol. The van der Waals surface area contributed by atoms with Crippen LogP contribution >= 0.6 is 0 Å². The Morgan fingerprint density at radius 1 is 1.12 bits per heavy atom. The molecular weight excluding hydrogens is 311 g/mol. The third kappa shape index (κ3) is 5.39. The second-order valence-electron chi connectivity index (χ2n) is 4.73. The fourth-order valence-electron chi connectivity index (χ4n) is 1.75. The number of nitrogens with one attached hydrogen (secondary N) is 1. The average Bonchev–Trinajstić information content (AvgIpc) is 2.60. The standard InChI is InChI=1S/C18H13FN2O3/c19-15-6-8-16(9-7-15)21-17(22)12-24-18(23)10-5-13-1-3-14(11-20)4-2-13/h1-10H,12H2,(H,21,22)/b10-5+. The Morgan fingerprint density at radius 3 is 2.42 bits per heavy atom. The Hall–Kier alpha value is -3.46. The van der Waals surface area contributed by atoms with Gasteiger partial charge in [0.15, 0.2) is 6.61 Å². The molecule has 1 N–H and O–H groups in total. The lowest BCUT2D eigenvalue weighted by Gasteiger charge is -2.05. The van der Waals surface area contributed by atoms with E-state index in [4.69, 9.17) is 10.00 Å². The summed E-state index contributed by atoms with van der Waals surface area (Å²) in [6, 6.07) is 13.8. The lowest BCUT2D eigenvalue weighted by molar-refractivity contribution is -0.142. The maximum absolute atomic E-state index is 12.7. The van der Waals surface area contributed by atoms with Crippen molar-refractivity contribution in [1.82, 2.24) is 0 Å². The maximum Gasteiger partial charge on any atom is 0.331 e. The number of esters is 1. The highest BCUT2D eigenvalue weighted by molar-refractivity contribution is 5.94. The van der Waals surface area contributed by atoms with Crippen LogP contribution in [0.3, 0.4) is 0 Å². The molecule has 2 aromatic rings. The molecule has 0 radical (unpaired) electrons. The van der Waals surface area contributed by atoms with E-state index in [0.29, 0.717) is 11.3 Å². The molecule has 0 atom stereocenters. The molecule has 0 heterocycles. The number of amides is 1. The molecule has 0 aliphatic carbocycles. The Kier molecular flexibility index (Phi) is 5.81. The third-order valence-corrected chi connectivity index (χ3v) is 2.93. The number of ether oxygens (including phenoxy) is 1. The first-order valence-corrected chi connectivity index (χ1v) is 6.97. The van der Waals surface area contributed by atoms with Gasteiger partial charge < -0.3 is 10.1 Å². The van der Waals surface area contributed by atoms with E-state index in [1.54, 1.807) is 24.3 Å². The van der Waals surface area contributed by atoms with E-state index in [-0.39, 0.29) is 0 Å². The van der Waals surface area contributed by atoms with Crippen LogP contribution in [-0.4, -0.2) is 18.5 Å². The molecule has 1 amide bonds. The molecule has 0 bridgehead atoms. The summed E-state index contributed by atoms with van der Waals surface area (Å²) in [6.45, 7) is -0.450. The molecular formula is C18H13FN2O3. The average molecular weight is 324 g/mol. The molecule has 0 aliphatic rings. The molecule has 0 unspecified atom stereocenters. The van der Waals surface area contributed by atoms with E-state index in [1.807, 2.05) is 6.07 Å². The van der Waals surface area contributed by atoms with E-state index in [0.717, 1.165) is 5.56 Å². The summed E-state index contributed by atoms with van der Waals surface area (Å²) in [5.41, 5.74) is 1.65. The minimum atomic E-state index is -0.673. The minimum Gasteiger partial charge on any atom is -0.452 e. The Labute approximate surface area is 138 Å². The van der Waals surface area contributed by atoms with E-state index in [9.17, 15) is 14.0 Å². The largest absolute Gasteiger partial charge is 0.452 e. The van der Waals surface area contributed by atoms with Crippen LogP contribution in [0.4, 0.5) is 10.1 Å². The zero-order valence-electron chi connectivity index (χ0n) is 12.5. The summed E-state index contributed by atoms with van der Waals surface area (Å²) >= 11 is 0. The fourth-order valence-corrected chi connectivity index (χ4v) is 1.75. The number of carbonyl (C=O) groups excluding carboxylic acids is 2. The number of hydrogen-bond donors (Lipinski definition) is 1. The topological polar surface area (TPSA) is 79.2 Å². The van der Waals surface area contributed by atoms with Crippen molar-refractivity contribution < 1.29 is 18.7 Å². The van der Waals surface area contributed by atoms with E-state index < -0.39 is 24.3 Å². The van der Waals surface area contributed by atoms with Gasteiger partial charge in [0.25, 0.3) is 5.91 Å². The molecule has 5 nitrogen and oxygen atoms in total. The smallest absolute Gasteiger partial charge is 0.331 e. The van der Waals surface area contributed by atoms with Gasteiger partial charge in [-0.25, -0.2) is 9.18 Å². The molecule has 2 aromatic carbocycles. The quantitative estimate of drug-likeness (QED) is 0.677. The van der Waals surface area contributed by atoms with Crippen LogP contribution in [0.2, 0.25) is 0 Å². The monoisotopic (exact) mass is 324 g/mol. The summed E-state index contributed by atoms with van der Waals surface area (Å²) in [5.74, 6) is -1.61. The van der Waals surface area contributed by atoms with Crippen molar-refractivity contribution in [3.05, 3.63) is 71.6 Å². The van der Waals surface area contributed by atoms with Gasteiger partial charge in [0, 0.05) is 11.8 Å². The lowest BCUT2D eigenvalue weighted by atomic mass is 10.1. The van der Waals surface area contributed by atoms with Crippen molar-refractivity contribution in [2.24, 2.45) is 0 Å². The number of nitriles is 1. The van der Waals surface area contributed by atoms with Gasteiger partial charge in [-0.3, -0.25) is 4.79 Å². The van der Waals surface area contributed by atoms with Crippen LogP contribution in [-0.2, 0) is 14.3 Å². The molecule has 6 heteroatoms. The highest BCUT2D eigenvalue weighted by Crippen LogP contribution is 2.08. The van der Waals surface area contributed by atoms with Gasteiger partial charge in [-0.1, -0.05) is 12.1 Å². The Bertz CT molecular complexity index is 791. The van der Waals surface area contributed by atoms with Gasteiger partial charge in [-0.2, -0.15) is 5.26 Å². The van der Waals surface area contributed by atoms with Crippen LogP contribution in [0.1, 0.15) is 11.1 Å². The van der Waals surface area contributed by atoms with Gasteiger partial charge >= 0.3 is 5.97 Å². The van der Waals surface area contributed by atoms with Gasteiger partial charge in [0.05, 0.1) is 11.6 Å². The first kappa shape index (κ1) is 16.9. The molecule has 0 saturated heterocycles. The molecule has 120 valence electrons. The van der Waals surface area contributed by atoms with Gasteiger partial charge in [0.2, 0.25) is 0 Å². The highest BCUT2D eigenvalue weighted by Gasteiger charge is 2.05. The maximum atomic E-state index is 12.7. The second-order valence-corrected chi connectivity index (χ2v) is 4.73. The minimum absolute atomic E-state index is 0.408.